The lowest BCUT2D eigenvalue weighted by atomic mass is 9.66. The molecule has 2 aliphatic rings. The van der Waals surface area contributed by atoms with Crippen LogP contribution < -0.4 is 0 Å². The first kappa shape index (κ1) is 13.5. The van der Waals surface area contributed by atoms with Crippen molar-refractivity contribution in [1.29, 1.82) is 0 Å². The van der Waals surface area contributed by atoms with Gasteiger partial charge in [0.05, 0.1) is 0 Å². The molecule has 1 nitrogen and oxygen atoms in total. The first-order chi connectivity index (χ1) is 8.09. The maximum atomic E-state index is 12.5. The summed E-state index contributed by atoms with van der Waals surface area (Å²) in [6, 6.07) is 0. The van der Waals surface area contributed by atoms with Gasteiger partial charge < -0.3 is 0 Å². The molecule has 1 unspecified atom stereocenters. The third-order valence-electron chi connectivity index (χ3n) is 4.73. The summed E-state index contributed by atoms with van der Waals surface area (Å²) in [7, 11) is 0. The number of Topliss-reactive ketones (excluding diaryl/α,β-unsaturated/α-hetero) is 1. The van der Waals surface area contributed by atoms with Gasteiger partial charge in [-0.05, 0) is 48.5 Å². The van der Waals surface area contributed by atoms with E-state index in [-0.39, 0.29) is 5.41 Å². The first-order valence-corrected chi connectivity index (χ1v) is 8.35. The fourth-order valence-electron chi connectivity index (χ4n) is 3.47. The first-order valence-electron chi connectivity index (χ1n) is 7.20. The third kappa shape index (κ3) is 3.49. The summed E-state index contributed by atoms with van der Waals surface area (Å²) in [4.78, 5) is 12.5. The van der Waals surface area contributed by atoms with Crippen molar-refractivity contribution in [2.24, 2.45) is 17.3 Å². The second-order valence-corrected chi connectivity index (χ2v) is 7.74. The van der Waals surface area contributed by atoms with Gasteiger partial charge in [-0.1, -0.05) is 26.7 Å². The van der Waals surface area contributed by atoms with Crippen LogP contribution in [0.2, 0.25) is 0 Å². The van der Waals surface area contributed by atoms with E-state index in [1.165, 1.54) is 43.6 Å². The lowest BCUT2D eigenvalue weighted by molar-refractivity contribution is -0.129. The minimum atomic E-state index is 0.263. The molecule has 1 atom stereocenters. The van der Waals surface area contributed by atoms with Crippen molar-refractivity contribution in [2.45, 2.75) is 58.8 Å². The van der Waals surface area contributed by atoms with E-state index in [0.29, 0.717) is 17.6 Å². The Bertz CT molecular complexity index is 266. The van der Waals surface area contributed by atoms with Crippen LogP contribution in [0.15, 0.2) is 0 Å². The lowest BCUT2D eigenvalue weighted by Gasteiger charge is -2.38. The van der Waals surface area contributed by atoms with Gasteiger partial charge in [0, 0.05) is 12.3 Å². The van der Waals surface area contributed by atoms with Gasteiger partial charge >= 0.3 is 0 Å². The highest BCUT2D eigenvalue weighted by molar-refractivity contribution is 7.99. The molecule has 0 radical (unpaired) electrons. The molecule has 1 saturated carbocycles. The van der Waals surface area contributed by atoms with E-state index in [0.717, 1.165) is 12.8 Å². The van der Waals surface area contributed by atoms with Crippen molar-refractivity contribution >= 4 is 17.5 Å². The van der Waals surface area contributed by atoms with E-state index < -0.39 is 0 Å². The zero-order valence-electron chi connectivity index (χ0n) is 11.3. The van der Waals surface area contributed by atoms with Crippen LogP contribution in [-0.4, -0.2) is 17.3 Å². The predicted molar refractivity (Wildman–Crippen MR) is 75.4 cm³/mol. The van der Waals surface area contributed by atoms with Crippen LogP contribution >= 0.6 is 11.8 Å². The summed E-state index contributed by atoms with van der Waals surface area (Å²) in [6.07, 6.45) is 8.37. The fourth-order valence-corrected chi connectivity index (χ4v) is 4.67. The molecule has 0 N–H and O–H groups in total. The van der Waals surface area contributed by atoms with Crippen molar-refractivity contribution in [3.05, 3.63) is 0 Å². The van der Waals surface area contributed by atoms with Gasteiger partial charge in [-0.3, -0.25) is 4.79 Å². The number of hydrogen-bond donors (Lipinski definition) is 0. The van der Waals surface area contributed by atoms with Crippen LogP contribution in [0, 0.1) is 17.3 Å². The molecule has 2 rings (SSSR count). The van der Waals surface area contributed by atoms with E-state index in [4.69, 9.17) is 0 Å². The predicted octanol–water partition coefficient (Wildman–Crippen LogP) is 4.31. The highest BCUT2D eigenvalue weighted by atomic mass is 32.2. The Morgan fingerprint density at radius 1 is 1.18 bits per heavy atom. The number of thioether (sulfide) groups is 1. The molecule has 0 bridgehead atoms. The van der Waals surface area contributed by atoms with E-state index >= 15 is 0 Å². The van der Waals surface area contributed by atoms with Gasteiger partial charge in [0.25, 0.3) is 0 Å². The summed E-state index contributed by atoms with van der Waals surface area (Å²) in [6.45, 7) is 4.59. The third-order valence-corrected chi connectivity index (χ3v) is 5.78. The van der Waals surface area contributed by atoms with Crippen LogP contribution in [0.5, 0.6) is 0 Å². The van der Waals surface area contributed by atoms with Crippen LogP contribution in [0.1, 0.15) is 58.8 Å². The second kappa shape index (κ2) is 5.77. The van der Waals surface area contributed by atoms with E-state index in [1.807, 2.05) is 11.8 Å². The molecule has 2 heteroatoms. The molecule has 1 aliphatic heterocycles. The SMILES string of the molecule is CC1(C)CCCCC1C(=O)CC1CCSCC1. The van der Waals surface area contributed by atoms with Gasteiger partial charge in [0.15, 0.2) is 0 Å². The molecule has 0 amide bonds. The molecule has 1 heterocycles. The maximum absolute atomic E-state index is 12.5. The normalized spacial score (nSPS) is 30.1. The van der Waals surface area contributed by atoms with Crippen molar-refractivity contribution < 1.29 is 4.79 Å². The van der Waals surface area contributed by atoms with Crippen molar-refractivity contribution in [3.8, 4) is 0 Å². The molecule has 0 aromatic carbocycles. The summed E-state index contributed by atoms with van der Waals surface area (Å²) < 4.78 is 0. The average Bonchev–Trinajstić information content (AvgIpc) is 2.29. The molecular weight excluding hydrogens is 228 g/mol. The largest absolute Gasteiger partial charge is 0.299 e. The molecule has 2 fully saturated rings. The fraction of sp³-hybridized carbons (Fsp3) is 0.933. The van der Waals surface area contributed by atoms with Crippen molar-refractivity contribution in [3.63, 3.8) is 0 Å². The lowest BCUT2D eigenvalue weighted by Crippen LogP contribution is -2.35. The Kier molecular flexibility index (Phi) is 4.57. The molecule has 1 aliphatic carbocycles. The van der Waals surface area contributed by atoms with Gasteiger partial charge in [0.1, 0.15) is 5.78 Å². The molecule has 0 aromatic heterocycles. The number of hydrogen-bond acceptors (Lipinski definition) is 2. The molecular formula is C15H26OS. The quantitative estimate of drug-likeness (QED) is 0.746. The van der Waals surface area contributed by atoms with Gasteiger partial charge in [-0.2, -0.15) is 11.8 Å². The molecule has 98 valence electrons. The van der Waals surface area contributed by atoms with Crippen LogP contribution in [0.25, 0.3) is 0 Å². The monoisotopic (exact) mass is 254 g/mol. The van der Waals surface area contributed by atoms with Crippen LogP contribution in [0.3, 0.4) is 0 Å². The van der Waals surface area contributed by atoms with Crippen molar-refractivity contribution in [2.75, 3.05) is 11.5 Å². The Balaban J connectivity index is 1.89. The Morgan fingerprint density at radius 2 is 1.88 bits per heavy atom. The number of ketones is 1. The number of rotatable bonds is 3. The highest BCUT2D eigenvalue weighted by Crippen LogP contribution is 2.42. The zero-order chi connectivity index (χ0) is 12.3. The maximum Gasteiger partial charge on any atom is 0.136 e. The van der Waals surface area contributed by atoms with Crippen molar-refractivity contribution in [1.82, 2.24) is 0 Å². The average molecular weight is 254 g/mol. The molecule has 0 spiro atoms. The minimum Gasteiger partial charge on any atom is -0.299 e. The van der Waals surface area contributed by atoms with Gasteiger partial charge in [-0.25, -0.2) is 0 Å². The summed E-state index contributed by atoms with van der Waals surface area (Å²) >= 11 is 2.05. The summed E-state index contributed by atoms with van der Waals surface area (Å²) in [5, 5.41) is 0. The smallest absolute Gasteiger partial charge is 0.136 e. The topological polar surface area (TPSA) is 17.1 Å². The van der Waals surface area contributed by atoms with Crippen LogP contribution in [-0.2, 0) is 4.79 Å². The standard InChI is InChI=1S/C15H26OS/c1-15(2)8-4-3-5-13(15)14(16)11-12-6-9-17-10-7-12/h12-13H,3-11H2,1-2H3. The Morgan fingerprint density at radius 3 is 2.53 bits per heavy atom. The molecule has 1 saturated heterocycles. The van der Waals surface area contributed by atoms with Crippen LogP contribution in [0.4, 0.5) is 0 Å². The molecule has 0 aromatic rings. The number of carbonyl (C=O) groups is 1. The summed E-state index contributed by atoms with van der Waals surface area (Å²) in [5.41, 5.74) is 0.263. The second-order valence-electron chi connectivity index (χ2n) is 6.51. The van der Waals surface area contributed by atoms with E-state index in [9.17, 15) is 4.79 Å². The number of carbonyl (C=O) groups excluding carboxylic acids is 1. The highest BCUT2D eigenvalue weighted by Gasteiger charge is 2.37. The van der Waals surface area contributed by atoms with Gasteiger partial charge in [0.2, 0.25) is 0 Å². The minimum absolute atomic E-state index is 0.263. The summed E-state index contributed by atoms with van der Waals surface area (Å²) in [5.74, 6) is 4.16. The Hall–Kier alpha value is 0.0200. The van der Waals surface area contributed by atoms with E-state index in [2.05, 4.69) is 13.8 Å². The van der Waals surface area contributed by atoms with Gasteiger partial charge in [-0.15, -0.1) is 0 Å². The zero-order valence-corrected chi connectivity index (χ0v) is 12.2. The molecule has 17 heavy (non-hydrogen) atoms. The Labute approximate surface area is 110 Å². The van der Waals surface area contributed by atoms with E-state index in [1.54, 1.807) is 0 Å².